The highest BCUT2D eigenvalue weighted by Crippen LogP contribution is 2.36. The third-order valence-corrected chi connectivity index (χ3v) is 4.65. The summed E-state index contributed by atoms with van der Waals surface area (Å²) in [6.07, 6.45) is 9.23. The Balaban J connectivity index is 2.60. The lowest BCUT2D eigenvalue weighted by molar-refractivity contribution is 0.293. The van der Waals surface area contributed by atoms with Gasteiger partial charge in [0.05, 0.1) is 11.1 Å². The van der Waals surface area contributed by atoms with Gasteiger partial charge in [-0.15, -0.1) is 26.3 Å². The van der Waals surface area contributed by atoms with Crippen LogP contribution < -0.4 is 5.32 Å². The number of benzene rings is 2. The van der Waals surface area contributed by atoms with Crippen molar-refractivity contribution in [3.05, 3.63) is 122 Å². The van der Waals surface area contributed by atoms with Gasteiger partial charge in [-0.1, -0.05) is 85.0 Å². The molecule has 128 valence electrons. The van der Waals surface area contributed by atoms with Crippen molar-refractivity contribution in [1.82, 2.24) is 5.32 Å². The fourth-order valence-corrected chi connectivity index (χ4v) is 3.31. The first-order valence-corrected chi connectivity index (χ1v) is 8.56. The summed E-state index contributed by atoms with van der Waals surface area (Å²) in [6.45, 7) is 16.2. The first-order chi connectivity index (χ1) is 12.2. The SMILES string of the molecule is C=CCC(C=C)(NC(C=C)(CC=C)c1ccccc1)c1ccccc1. The van der Waals surface area contributed by atoms with Crippen LogP contribution in [0.5, 0.6) is 0 Å². The molecular weight excluding hydrogens is 302 g/mol. The molecule has 1 nitrogen and oxygen atoms in total. The van der Waals surface area contributed by atoms with Crippen molar-refractivity contribution in [3.63, 3.8) is 0 Å². The van der Waals surface area contributed by atoms with E-state index in [-0.39, 0.29) is 0 Å². The van der Waals surface area contributed by atoms with E-state index in [1.807, 2.05) is 60.7 Å². The minimum absolute atomic E-state index is 0.448. The van der Waals surface area contributed by atoms with Gasteiger partial charge in [-0.25, -0.2) is 0 Å². The van der Waals surface area contributed by atoms with Crippen molar-refractivity contribution in [2.75, 3.05) is 0 Å². The molecule has 0 aliphatic rings. The Morgan fingerprint density at radius 3 is 1.28 bits per heavy atom. The van der Waals surface area contributed by atoms with Gasteiger partial charge in [0, 0.05) is 0 Å². The highest BCUT2D eigenvalue weighted by atomic mass is 15.1. The first-order valence-electron chi connectivity index (χ1n) is 8.56. The maximum absolute atomic E-state index is 4.13. The maximum atomic E-state index is 4.13. The summed E-state index contributed by atoms with van der Waals surface area (Å²) < 4.78 is 0. The van der Waals surface area contributed by atoms with E-state index in [1.165, 1.54) is 0 Å². The standard InChI is InChI=1S/C24H27N/c1-5-19-23(7-3,21-15-11-9-12-16-21)25-24(8-4,20-6-2)22-17-13-10-14-18-22/h5-18,25H,1-4,19-20H2. The molecule has 2 unspecified atom stereocenters. The summed E-state index contributed by atoms with van der Waals surface area (Å²) >= 11 is 0. The Bertz CT molecular complexity index is 653. The summed E-state index contributed by atoms with van der Waals surface area (Å²) in [4.78, 5) is 0. The van der Waals surface area contributed by atoms with Crippen molar-refractivity contribution < 1.29 is 0 Å². The third-order valence-electron chi connectivity index (χ3n) is 4.65. The lowest BCUT2D eigenvalue weighted by Gasteiger charge is -2.42. The molecule has 0 saturated heterocycles. The molecular formula is C24H27N. The minimum atomic E-state index is -0.448. The second-order valence-corrected chi connectivity index (χ2v) is 6.19. The van der Waals surface area contributed by atoms with Gasteiger partial charge in [-0.2, -0.15) is 0 Å². The molecule has 0 bridgehead atoms. The molecule has 0 aliphatic carbocycles. The molecule has 0 fully saturated rings. The van der Waals surface area contributed by atoms with E-state index in [0.29, 0.717) is 0 Å². The Labute approximate surface area is 152 Å². The summed E-state index contributed by atoms with van der Waals surface area (Å²) in [7, 11) is 0. The number of nitrogens with one attached hydrogen (secondary N) is 1. The van der Waals surface area contributed by atoms with Gasteiger partial charge in [-0.05, 0) is 24.0 Å². The summed E-state index contributed by atoms with van der Waals surface area (Å²) in [6, 6.07) is 20.7. The zero-order valence-electron chi connectivity index (χ0n) is 14.8. The molecule has 0 heterocycles. The fourth-order valence-electron chi connectivity index (χ4n) is 3.31. The van der Waals surface area contributed by atoms with Crippen molar-refractivity contribution in [1.29, 1.82) is 0 Å². The van der Waals surface area contributed by atoms with E-state index in [0.717, 1.165) is 24.0 Å². The lowest BCUT2D eigenvalue weighted by Crippen LogP contribution is -2.52. The van der Waals surface area contributed by atoms with Gasteiger partial charge >= 0.3 is 0 Å². The molecule has 2 aromatic carbocycles. The predicted octanol–water partition coefficient (Wildman–Crippen LogP) is 5.89. The van der Waals surface area contributed by atoms with Crippen LogP contribution >= 0.6 is 0 Å². The van der Waals surface area contributed by atoms with Gasteiger partial charge in [0.2, 0.25) is 0 Å². The highest BCUT2D eigenvalue weighted by molar-refractivity contribution is 5.37. The van der Waals surface area contributed by atoms with Crippen LogP contribution in [0.25, 0.3) is 0 Å². The summed E-state index contributed by atoms with van der Waals surface area (Å²) in [5.74, 6) is 0. The van der Waals surface area contributed by atoms with Crippen LogP contribution in [0.2, 0.25) is 0 Å². The second-order valence-electron chi connectivity index (χ2n) is 6.19. The average molecular weight is 329 g/mol. The second kappa shape index (κ2) is 8.46. The quantitative estimate of drug-likeness (QED) is 0.536. The molecule has 0 spiro atoms. The Hall–Kier alpha value is -2.64. The van der Waals surface area contributed by atoms with Crippen molar-refractivity contribution in [2.24, 2.45) is 0 Å². The van der Waals surface area contributed by atoms with Crippen LogP contribution in [0.1, 0.15) is 24.0 Å². The summed E-state index contributed by atoms with van der Waals surface area (Å²) in [5, 5.41) is 3.84. The normalized spacial score (nSPS) is 15.4. The monoisotopic (exact) mass is 329 g/mol. The van der Waals surface area contributed by atoms with Crippen molar-refractivity contribution in [2.45, 2.75) is 23.9 Å². The van der Waals surface area contributed by atoms with Gasteiger partial charge in [0.1, 0.15) is 0 Å². The molecule has 0 amide bonds. The molecule has 0 radical (unpaired) electrons. The minimum Gasteiger partial charge on any atom is -0.291 e. The molecule has 25 heavy (non-hydrogen) atoms. The number of hydrogen-bond donors (Lipinski definition) is 1. The zero-order chi connectivity index (χ0) is 18.2. The number of hydrogen-bond acceptors (Lipinski definition) is 1. The smallest absolute Gasteiger partial charge is 0.0661 e. The molecule has 0 saturated carbocycles. The van der Waals surface area contributed by atoms with Crippen LogP contribution in [0, 0.1) is 0 Å². The zero-order valence-corrected chi connectivity index (χ0v) is 14.8. The van der Waals surface area contributed by atoms with Crippen LogP contribution in [0.4, 0.5) is 0 Å². The maximum Gasteiger partial charge on any atom is 0.0661 e. The molecule has 0 aromatic heterocycles. The Morgan fingerprint density at radius 2 is 1.00 bits per heavy atom. The molecule has 2 atom stereocenters. The Kier molecular flexibility index (Phi) is 6.32. The van der Waals surface area contributed by atoms with E-state index in [9.17, 15) is 0 Å². The topological polar surface area (TPSA) is 12.0 Å². The van der Waals surface area contributed by atoms with E-state index < -0.39 is 11.1 Å². The fraction of sp³-hybridized carbons (Fsp3) is 0.167. The van der Waals surface area contributed by atoms with Gasteiger partial charge < -0.3 is 0 Å². The van der Waals surface area contributed by atoms with Crippen molar-refractivity contribution >= 4 is 0 Å². The molecule has 1 N–H and O–H groups in total. The van der Waals surface area contributed by atoms with Gasteiger partial charge in [-0.3, -0.25) is 5.32 Å². The third kappa shape index (κ3) is 3.89. The Morgan fingerprint density at radius 1 is 0.640 bits per heavy atom. The molecule has 2 aromatic rings. The highest BCUT2D eigenvalue weighted by Gasteiger charge is 2.37. The molecule has 0 aliphatic heterocycles. The van der Waals surface area contributed by atoms with Crippen LogP contribution in [0.3, 0.4) is 0 Å². The lowest BCUT2D eigenvalue weighted by atomic mass is 9.79. The molecule has 1 heteroatoms. The van der Waals surface area contributed by atoms with Crippen molar-refractivity contribution in [3.8, 4) is 0 Å². The first kappa shape index (κ1) is 18.7. The van der Waals surface area contributed by atoms with E-state index in [4.69, 9.17) is 0 Å². The van der Waals surface area contributed by atoms with E-state index in [2.05, 4.69) is 55.9 Å². The van der Waals surface area contributed by atoms with Crippen LogP contribution in [-0.4, -0.2) is 0 Å². The number of rotatable bonds is 10. The largest absolute Gasteiger partial charge is 0.291 e. The van der Waals surface area contributed by atoms with E-state index >= 15 is 0 Å². The van der Waals surface area contributed by atoms with Gasteiger partial charge in [0.15, 0.2) is 0 Å². The molecule has 2 rings (SSSR count). The summed E-state index contributed by atoms with van der Waals surface area (Å²) in [5.41, 5.74) is 1.40. The van der Waals surface area contributed by atoms with E-state index in [1.54, 1.807) is 0 Å². The van der Waals surface area contributed by atoms with Crippen LogP contribution in [0.15, 0.2) is 111 Å². The van der Waals surface area contributed by atoms with Crippen LogP contribution in [-0.2, 0) is 11.1 Å². The average Bonchev–Trinajstić information content (AvgIpc) is 2.68. The predicted molar refractivity (Wildman–Crippen MR) is 109 cm³/mol. The van der Waals surface area contributed by atoms with Gasteiger partial charge in [0.25, 0.3) is 0 Å².